The van der Waals surface area contributed by atoms with Gasteiger partial charge >= 0.3 is 0 Å². The van der Waals surface area contributed by atoms with Crippen LogP contribution in [0.15, 0.2) is 43.2 Å². The van der Waals surface area contributed by atoms with Gasteiger partial charge in [-0.15, -0.1) is 0 Å². The Bertz CT molecular complexity index is 1100. The molecule has 31 heavy (non-hydrogen) atoms. The molecule has 1 saturated heterocycles. The molecule has 1 saturated carbocycles. The fraction of sp³-hybridized carbons (Fsp3) is 0.417. The predicted molar refractivity (Wildman–Crippen MR) is 117 cm³/mol. The van der Waals surface area contributed by atoms with Gasteiger partial charge in [-0.1, -0.05) is 20.8 Å². The molecule has 0 atom stereocenters. The number of anilines is 1. The lowest BCUT2D eigenvalue weighted by Crippen LogP contribution is -2.62. The van der Waals surface area contributed by atoms with Crippen LogP contribution in [-0.4, -0.2) is 33.0 Å². The van der Waals surface area contributed by atoms with Gasteiger partial charge in [0.1, 0.15) is 24.2 Å². The second-order valence-electron chi connectivity index (χ2n) is 9.30. The SMILES string of the molecule is CC1CC2(C1)CN(c1ncncc1Oc1ccc(F)cc1-c1cncnc1C(C)C)C2. The molecule has 0 radical (unpaired) electrons. The van der Waals surface area contributed by atoms with Gasteiger partial charge in [0.25, 0.3) is 0 Å². The van der Waals surface area contributed by atoms with Gasteiger partial charge in [-0.25, -0.2) is 24.3 Å². The number of hydrogen-bond donors (Lipinski definition) is 0. The van der Waals surface area contributed by atoms with E-state index in [4.69, 9.17) is 4.74 Å². The fourth-order valence-corrected chi connectivity index (χ4v) is 5.14. The first kappa shape index (κ1) is 19.8. The molecule has 0 amide bonds. The van der Waals surface area contributed by atoms with Gasteiger partial charge < -0.3 is 9.64 Å². The summed E-state index contributed by atoms with van der Waals surface area (Å²) in [5.41, 5.74) is 2.67. The molecular weight excluding hydrogens is 393 g/mol. The summed E-state index contributed by atoms with van der Waals surface area (Å²) in [6, 6.07) is 4.51. The highest BCUT2D eigenvalue weighted by Crippen LogP contribution is 2.53. The monoisotopic (exact) mass is 419 g/mol. The Hall–Kier alpha value is -3.09. The van der Waals surface area contributed by atoms with E-state index in [0.717, 1.165) is 36.1 Å². The molecule has 2 fully saturated rings. The summed E-state index contributed by atoms with van der Waals surface area (Å²) in [5.74, 6) is 2.51. The highest BCUT2D eigenvalue weighted by atomic mass is 19.1. The number of benzene rings is 1. The first-order valence-corrected chi connectivity index (χ1v) is 10.8. The zero-order valence-electron chi connectivity index (χ0n) is 18.0. The van der Waals surface area contributed by atoms with Crippen molar-refractivity contribution in [3.05, 3.63) is 54.8 Å². The van der Waals surface area contributed by atoms with E-state index in [1.165, 1.54) is 31.3 Å². The van der Waals surface area contributed by atoms with E-state index in [1.807, 2.05) is 0 Å². The Morgan fingerprint density at radius 3 is 2.52 bits per heavy atom. The molecule has 2 aliphatic rings. The standard InChI is InChI=1S/C24H26FN5O/c1-15(2)22-19(9-26-13-28-22)18-6-17(25)4-5-20(18)31-21-10-27-14-29-23(21)30-11-24(12-30)7-16(3)8-24/h4-6,9-10,13-16H,7-8,11-12H2,1-3H3. The van der Waals surface area contributed by atoms with Crippen LogP contribution in [0.5, 0.6) is 11.5 Å². The Morgan fingerprint density at radius 1 is 1.03 bits per heavy atom. The summed E-state index contributed by atoms with van der Waals surface area (Å²) in [6.07, 6.45) is 9.00. The largest absolute Gasteiger partial charge is 0.451 e. The third kappa shape index (κ3) is 3.62. The van der Waals surface area contributed by atoms with Gasteiger partial charge in [0.05, 0.1) is 11.9 Å². The van der Waals surface area contributed by atoms with Gasteiger partial charge in [-0.3, -0.25) is 0 Å². The summed E-state index contributed by atoms with van der Waals surface area (Å²) in [5, 5.41) is 0. The van der Waals surface area contributed by atoms with Crippen molar-refractivity contribution >= 4 is 5.82 Å². The van der Waals surface area contributed by atoms with Crippen LogP contribution in [0.1, 0.15) is 45.2 Å². The smallest absolute Gasteiger partial charge is 0.188 e. The molecule has 0 unspecified atom stereocenters. The normalized spacial score (nSPS) is 17.5. The van der Waals surface area contributed by atoms with Gasteiger partial charge in [0.2, 0.25) is 0 Å². The summed E-state index contributed by atoms with van der Waals surface area (Å²) in [4.78, 5) is 19.5. The highest BCUT2D eigenvalue weighted by Gasteiger charge is 2.51. The number of rotatable bonds is 5. The van der Waals surface area contributed by atoms with Crippen LogP contribution >= 0.6 is 0 Å². The molecule has 1 spiro atoms. The first-order chi connectivity index (χ1) is 14.9. The Kier molecular flexibility index (Phi) is 4.84. The summed E-state index contributed by atoms with van der Waals surface area (Å²) in [7, 11) is 0. The second-order valence-corrected chi connectivity index (χ2v) is 9.30. The quantitative estimate of drug-likeness (QED) is 0.565. The van der Waals surface area contributed by atoms with Crippen LogP contribution in [0.4, 0.5) is 10.2 Å². The first-order valence-electron chi connectivity index (χ1n) is 10.8. The molecule has 0 N–H and O–H groups in total. The molecule has 1 aliphatic carbocycles. The molecule has 0 bridgehead atoms. The average Bonchev–Trinajstić information content (AvgIpc) is 2.71. The second kappa shape index (κ2) is 7.55. The van der Waals surface area contributed by atoms with E-state index < -0.39 is 0 Å². The molecule has 2 aromatic heterocycles. The lowest BCUT2D eigenvalue weighted by atomic mass is 9.58. The topological polar surface area (TPSA) is 64.0 Å². The zero-order chi connectivity index (χ0) is 21.6. The fourth-order valence-electron chi connectivity index (χ4n) is 5.14. The minimum absolute atomic E-state index is 0.159. The van der Waals surface area contributed by atoms with Crippen molar-refractivity contribution in [1.29, 1.82) is 0 Å². The molecule has 5 rings (SSSR count). The molecule has 6 nitrogen and oxygen atoms in total. The maximum Gasteiger partial charge on any atom is 0.188 e. The van der Waals surface area contributed by atoms with Crippen LogP contribution in [0, 0.1) is 17.2 Å². The summed E-state index contributed by atoms with van der Waals surface area (Å²) in [6.45, 7) is 8.39. The minimum Gasteiger partial charge on any atom is -0.451 e. The Morgan fingerprint density at radius 2 is 1.77 bits per heavy atom. The van der Waals surface area contributed by atoms with E-state index in [2.05, 4.69) is 45.6 Å². The number of nitrogens with zero attached hydrogens (tertiary/aromatic N) is 5. The Labute approximate surface area is 181 Å². The molecule has 1 aliphatic heterocycles. The van der Waals surface area contributed by atoms with E-state index in [9.17, 15) is 4.39 Å². The van der Waals surface area contributed by atoms with Crippen LogP contribution in [-0.2, 0) is 0 Å². The van der Waals surface area contributed by atoms with Crippen molar-refractivity contribution in [2.45, 2.75) is 39.5 Å². The van der Waals surface area contributed by atoms with Gasteiger partial charge in [0, 0.05) is 35.8 Å². The highest BCUT2D eigenvalue weighted by molar-refractivity contribution is 5.73. The number of aromatic nitrogens is 4. The molecule has 3 heterocycles. The van der Waals surface area contributed by atoms with Crippen LogP contribution in [0.25, 0.3) is 11.1 Å². The van der Waals surface area contributed by atoms with Crippen molar-refractivity contribution < 1.29 is 9.13 Å². The van der Waals surface area contributed by atoms with Crippen molar-refractivity contribution in [2.75, 3.05) is 18.0 Å². The van der Waals surface area contributed by atoms with Gasteiger partial charge in [-0.2, -0.15) is 0 Å². The number of hydrogen-bond acceptors (Lipinski definition) is 6. The van der Waals surface area contributed by atoms with E-state index in [0.29, 0.717) is 22.5 Å². The predicted octanol–water partition coefficient (Wildman–Crippen LogP) is 5.22. The lowest BCUT2D eigenvalue weighted by molar-refractivity contribution is 0.0329. The molecule has 160 valence electrons. The molecule has 3 aromatic rings. The maximum absolute atomic E-state index is 14.2. The third-order valence-electron chi connectivity index (χ3n) is 6.32. The van der Waals surface area contributed by atoms with Gasteiger partial charge in [-0.05, 0) is 42.9 Å². The van der Waals surface area contributed by atoms with E-state index in [-0.39, 0.29) is 11.7 Å². The summed E-state index contributed by atoms with van der Waals surface area (Å²) < 4.78 is 20.5. The molecular formula is C24H26FN5O. The summed E-state index contributed by atoms with van der Waals surface area (Å²) >= 11 is 0. The van der Waals surface area contributed by atoms with Crippen LogP contribution in [0.2, 0.25) is 0 Å². The maximum atomic E-state index is 14.2. The minimum atomic E-state index is -0.339. The molecule has 1 aromatic carbocycles. The number of halogens is 1. The average molecular weight is 420 g/mol. The van der Waals surface area contributed by atoms with Crippen molar-refractivity contribution in [3.63, 3.8) is 0 Å². The number of ether oxygens (including phenoxy) is 1. The zero-order valence-corrected chi connectivity index (χ0v) is 18.0. The molecule has 7 heteroatoms. The van der Waals surface area contributed by atoms with Crippen LogP contribution in [0.3, 0.4) is 0 Å². The van der Waals surface area contributed by atoms with Crippen molar-refractivity contribution in [3.8, 4) is 22.6 Å². The van der Waals surface area contributed by atoms with E-state index >= 15 is 0 Å². The Balaban J connectivity index is 1.47. The van der Waals surface area contributed by atoms with Crippen molar-refractivity contribution in [1.82, 2.24) is 19.9 Å². The lowest BCUT2D eigenvalue weighted by Gasteiger charge is -2.59. The van der Waals surface area contributed by atoms with E-state index in [1.54, 1.807) is 24.8 Å². The van der Waals surface area contributed by atoms with Crippen LogP contribution < -0.4 is 9.64 Å². The third-order valence-corrected chi connectivity index (χ3v) is 6.32. The van der Waals surface area contributed by atoms with Crippen molar-refractivity contribution in [2.24, 2.45) is 11.3 Å². The van der Waals surface area contributed by atoms with Gasteiger partial charge in [0.15, 0.2) is 11.6 Å².